The van der Waals surface area contributed by atoms with E-state index in [2.05, 4.69) is 5.32 Å². The lowest BCUT2D eigenvalue weighted by Gasteiger charge is -2.09. The number of carbonyl (C=O) groups excluding carboxylic acids is 2. The van der Waals surface area contributed by atoms with Crippen molar-refractivity contribution in [3.63, 3.8) is 0 Å². The molecule has 0 aliphatic carbocycles. The van der Waals surface area contributed by atoms with E-state index in [0.29, 0.717) is 23.2 Å². The quantitative estimate of drug-likeness (QED) is 0.870. The molecule has 0 heterocycles. The van der Waals surface area contributed by atoms with Crippen molar-refractivity contribution in [2.75, 3.05) is 5.32 Å². The van der Waals surface area contributed by atoms with Gasteiger partial charge in [-0.2, -0.15) is 0 Å². The lowest BCUT2D eigenvalue weighted by atomic mass is 10.1. The Morgan fingerprint density at radius 3 is 2.21 bits per heavy atom. The van der Waals surface area contributed by atoms with Gasteiger partial charge in [0.2, 0.25) is 5.91 Å². The Kier molecular flexibility index (Phi) is 5.35. The van der Waals surface area contributed by atoms with E-state index in [1.165, 1.54) is 24.3 Å². The van der Waals surface area contributed by atoms with Crippen molar-refractivity contribution >= 4 is 27.5 Å². The minimum absolute atomic E-state index is 0.0565. The van der Waals surface area contributed by atoms with Gasteiger partial charge in [0.1, 0.15) is 0 Å². The largest absolute Gasteiger partial charge is 0.326 e. The van der Waals surface area contributed by atoms with Crippen LogP contribution in [0.3, 0.4) is 0 Å². The molecule has 6 nitrogen and oxygen atoms in total. The Balaban J connectivity index is 2.17. The Labute approximate surface area is 140 Å². The Morgan fingerprint density at radius 1 is 1.00 bits per heavy atom. The number of carbonyl (C=O) groups is 2. The third kappa shape index (κ3) is 4.20. The standard InChI is InChI=1S/C17H18N2O4S/c1-3-16(20)18-13-8-10-14(11-9-13)24(22,23)19-17(21)15-7-5-4-6-12(15)2/h4-11H,3H2,1-2H3,(H,18,20)(H,19,21). The smallest absolute Gasteiger partial charge is 0.265 e. The van der Waals surface area contributed by atoms with Gasteiger partial charge in [0.15, 0.2) is 0 Å². The SMILES string of the molecule is CCC(=O)Nc1ccc(S(=O)(=O)NC(=O)c2ccccc2C)cc1. The fraction of sp³-hybridized carbons (Fsp3) is 0.176. The molecule has 7 heteroatoms. The number of hydrogen-bond donors (Lipinski definition) is 2. The molecule has 0 fully saturated rings. The molecule has 0 unspecified atom stereocenters. The second-order valence-electron chi connectivity index (χ2n) is 5.18. The summed E-state index contributed by atoms with van der Waals surface area (Å²) in [5.41, 5.74) is 1.47. The molecule has 2 rings (SSSR count). The first-order valence-electron chi connectivity index (χ1n) is 7.36. The number of rotatable bonds is 5. The maximum Gasteiger partial charge on any atom is 0.265 e. The van der Waals surface area contributed by atoms with Crippen molar-refractivity contribution in [2.24, 2.45) is 0 Å². The molecule has 0 spiro atoms. The van der Waals surface area contributed by atoms with Crippen LogP contribution >= 0.6 is 0 Å². The fourth-order valence-electron chi connectivity index (χ4n) is 2.03. The van der Waals surface area contributed by atoms with Gasteiger partial charge >= 0.3 is 0 Å². The first-order chi connectivity index (χ1) is 11.3. The molecular weight excluding hydrogens is 328 g/mol. The number of hydrogen-bond acceptors (Lipinski definition) is 4. The molecule has 0 saturated heterocycles. The second kappa shape index (κ2) is 7.27. The van der Waals surface area contributed by atoms with Crippen molar-refractivity contribution in [3.05, 3.63) is 59.7 Å². The molecule has 2 N–H and O–H groups in total. The molecule has 2 aromatic carbocycles. The predicted octanol–water partition coefficient (Wildman–Crippen LogP) is 2.46. The zero-order chi connectivity index (χ0) is 17.7. The van der Waals surface area contributed by atoms with Crippen molar-refractivity contribution in [2.45, 2.75) is 25.2 Å². The Bertz CT molecular complexity index is 858. The minimum Gasteiger partial charge on any atom is -0.326 e. The third-order valence-electron chi connectivity index (χ3n) is 3.39. The van der Waals surface area contributed by atoms with Gasteiger partial charge in [-0.1, -0.05) is 25.1 Å². The number of benzene rings is 2. The molecule has 0 aromatic heterocycles. The average molecular weight is 346 g/mol. The highest BCUT2D eigenvalue weighted by Gasteiger charge is 2.19. The van der Waals surface area contributed by atoms with Crippen LogP contribution in [0.25, 0.3) is 0 Å². The zero-order valence-corrected chi connectivity index (χ0v) is 14.2. The Morgan fingerprint density at radius 2 is 1.62 bits per heavy atom. The highest BCUT2D eigenvalue weighted by molar-refractivity contribution is 7.90. The van der Waals surface area contributed by atoms with Crippen LogP contribution in [0.15, 0.2) is 53.4 Å². The van der Waals surface area contributed by atoms with Crippen molar-refractivity contribution in [3.8, 4) is 0 Å². The third-order valence-corrected chi connectivity index (χ3v) is 4.73. The number of amides is 2. The molecule has 2 amide bonds. The minimum atomic E-state index is -3.99. The summed E-state index contributed by atoms with van der Waals surface area (Å²) in [5, 5.41) is 2.62. The van der Waals surface area contributed by atoms with E-state index in [1.807, 2.05) is 4.72 Å². The molecule has 2 aromatic rings. The molecule has 0 atom stereocenters. The fourth-order valence-corrected chi connectivity index (χ4v) is 3.00. The predicted molar refractivity (Wildman–Crippen MR) is 91.2 cm³/mol. The monoisotopic (exact) mass is 346 g/mol. The maximum atomic E-state index is 12.3. The number of sulfonamides is 1. The highest BCUT2D eigenvalue weighted by Crippen LogP contribution is 2.15. The Hall–Kier alpha value is -2.67. The van der Waals surface area contributed by atoms with Crippen molar-refractivity contribution < 1.29 is 18.0 Å². The summed E-state index contributed by atoms with van der Waals surface area (Å²) in [6, 6.07) is 12.3. The molecule has 0 radical (unpaired) electrons. The lowest BCUT2D eigenvalue weighted by molar-refractivity contribution is -0.115. The van der Waals surface area contributed by atoms with Gasteiger partial charge in [-0.05, 0) is 42.8 Å². The van der Waals surface area contributed by atoms with E-state index in [-0.39, 0.29) is 10.8 Å². The van der Waals surface area contributed by atoms with Crippen LogP contribution in [0.2, 0.25) is 0 Å². The summed E-state index contributed by atoms with van der Waals surface area (Å²) in [4.78, 5) is 23.4. The van der Waals surface area contributed by atoms with Crippen LogP contribution in [0.1, 0.15) is 29.3 Å². The topological polar surface area (TPSA) is 92.3 Å². The second-order valence-corrected chi connectivity index (χ2v) is 6.86. The average Bonchev–Trinajstić information content (AvgIpc) is 2.55. The molecule has 0 aliphatic rings. The molecule has 126 valence electrons. The van der Waals surface area contributed by atoms with Crippen LogP contribution in [-0.4, -0.2) is 20.2 Å². The highest BCUT2D eigenvalue weighted by atomic mass is 32.2. The van der Waals surface area contributed by atoms with Gasteiger partial charge in [0, 0.05) is 17.7 Å². The van der Waals surface area contributed by atoms with E-state index in [4.69, 9.17) is 0 Å². The first kappa shape index (κ1) is 17.7. The summed E-state index contributed by atoms with van der Waals surface area (Å²) < 4.78 is 26.6. The summed E-state index contributed by atoms with van der Waals surface area (Å²) >= 11 is 0. The normalized spacial score (nSPS) is 10.9. The van der Waals surface area contributed by atoms with Crippen LogP contribution in [0.5, 0.6) is 0 Å². The molecule has 24 heavy (non-hydrogen) atoms. The van der Waals surface area contributed by atoms with Crippen molar-refractivity contribution in [1.82, 2.24) is 4.72 Å². The van der Waals surface area contributed by atoms with E-state index < -0.39 is 15.9 Å². The van der Waals surface area contributed by atoms with E-state index in [1.54, 1.807) is 38.1 Å². The van der Waals surface area contributed by atoms with Crippen LogP contribution in [0, 0.1) is 6.92 Å². The van der Waals surface area contributed by atoms with E-state index >= 15 is 0 Å². The number of anilines is 1. The first-order valence-corrected chi connectivity index (χ1v) is 8.84. The molecule has 0 aliphatic heterocycles. The van der Waals surface area contributed by atoms with E-state index in [9.17, 15) is 18.0 Å². The molecular formula is C17H18N2O4S. The van der Waals surface area contributed by atoms with Gasteiger partial charge in [0.25, 0.3) is 15.9 Å². The van der Waals surface area contributed by atoms with Gasteiger partial charge < -0.3 is 5.32 Å². The molecule has 0 saturated carbocycles. The number of aryl methyl sites for hydroxylation is 1. The zero-order valence-electron chi connectivity index (χ0n) is 13.4. The van der Waals surface area contributed by atoms with Crippen LogP contribution < -0.4 is 10.0 Å². The van der Waals surface area contributed by atoms with E-state index in [0.717, 1.165) is 0 Å². The summed E-state index contributed by atoms with van der Waals surface area (Å²) in [6.45, 7) is 3.45. The summed E-state index contributed by atoms with van der Waals surface area (Å²) in [6.07, 6.45) is 0.326. The van der Waals surface area contributed by atoms with Gasteiger partial charge in [-0.15, -0.1) is 0 Å². The summed E-state index contributed by atoms with van der Waals surface area (Å²) in [5.74, 6) is -0.852. The molecule has 0 bridgehead atoms. The van der Waals surface area contributed by atoms with Crippen LogP contribution in [-0.2, 0) is 14.8 Å². The van der Waals surface area contributed by atoms with Gasteiger partial charge in [-0.3, -0.25) is 9.59 Å². The van der Waals surface area contributed by atoms with Crippen LogP contribution in [0.4, 0.5) is 5.69 Å². The maximum absolute atomic E-state index is 12.3. The van der Waals surface area contributed by atoms with Gasteiger partial charge in [0.05, 0.1) is 4.90 Å². The van der Waals surface area contributed by atoms with Crippen molar-refractivity contribution in [1.29, 1.82) is 0 Å². The van der Waals surface area contributed by atoms with Gasteiger partial charge in [-0.25, -0.2) is 13.1 Å². The number of nitrogens with one attached hydrogen (secondary N) is 2. The summed E-state index contributed by atoms with van der Waals surface area (Å²) in [7, 11) is -3.99. The lowest BCUT2D eigenvalue weighted by Crippen LogP contribution is -2.31.